The molecule has 4 aromatic heterocycles. The zero-order valence-corrected chi connectivity index (χ0v) is 13.5. The number of hydrogen-bond acceptors (Lipinski definition) is 4. The first-order chi connectivity index (χ1) is 12.1. The van der Waals surface area contributed by atoms with Gasteiger partial charge in [-0.2, -0.15) is 0 Å². The number of pyridine rings is 2. The number of hydrogen-bond donors (Lipinski definition) is 0. The predicted molar refractivity (Wildman–Crippen MR) is 90.1 cm³/mol. The molecule has 0 N–H and O–H groups in total. The van der Waals surface area contributed by atoms with Crippen molar-refractivity contribution in [2.45, 2.75) is 24.8 Å². The van der Waals surface area contributed by atoms with Crippen LogP contribution in [0.4, 0.5) is 0 Å². The fourth-order valence-corrected chi connectivity index (χ4v) is 3.80. The highest BCUT2D eigenvalue weighted by Gasteiger charge is 2.68. The molecule has 2 atom stereocenters. The van der Waals surface area contributed by atoms with Crippen molar-refractivity contribution in [3.63, 3.8) is 0 Å². The average Bonchev–Trinajstić information content (AvgIpc) is 2.96. The van der Waals surface area contributed by atoms with E-state index in [1.54, 1.807) is 6.20 Å². The van der Waals surface area contributed by atoms with Crippen LogP contribution in [0.2, 0.25) is 0 Å². The first kappa shape index (κ1) is 14.2. The molecule has 0 amide bonds. The van der Waals surface area contributed by atoms with Crippen LogP contribution in [-0.2, 0) is 5.41 Å². The van der Waals surface area contributed by atoms with Crippen molar-refractivity contribution in [1.29, 1.82) is 0 Å². The summed E-state index contributed by atoms with van der Waals surface area (Å²) in [7, 11) is 0. The summed E-state index contributed by atoms with van der Waals surface area (Å²) in [5.74, 6) is 0. The van der Waals surface area contributed by atoms with Gasteiger partial charge in [0, 0.05) is 41.7 Å². The lowest BCUT2D eigenvalue weighted by molar-refractivity contribution is -0.498. The highest BCUT2D eigenvalue weighted by atomic mass is 16.6. The molecule has 7 nitrogen and oxygen atoms in total. The molecule has 4 aromatic rings. The molecule has 5 rings (SSSR count). The highest BCUT2D eigenvalue weighted by Crippen LogP contribution is 2.55. The summed E-state index contributed by atoms with van der Waals surface area (Å²) in [6.45, 7) is 1.98. The van der Waals surface area contributed by atoms with Crippen LogP contribution < -0.4 is 0 Å². The Morgan fingerprint density at radius 3 is 3.00 bits per heavy atom. The summed E-state index contributed by atoms with van der Waals surface area (Å²) in [5, 5.41) is 11.6. The Morgan fingerprint density at radius 2 is 2.24 bits per heavy atom. The Kier molecular flexibility index (Phi) is 2.64. The maximum absolute atomic E-state index is 11.6. The second-order valence-corrected chi connectivity index (χ2v) is 6.60. The summed E-state index contributed by atoms with van der Waals surface area (Å²) in [6, 6.07) is 7.02. The van der Waals surface area contributed by atoms with E-state index >= 15 is 0 Å². The van der Waals surface area contributed by atoms with Crippen molar-refractivity contribution in [1.82, 2.24) is 18.8 Å². The first-order valence-corrected chi connectivity index (χ1v) is 8.03. The van der Waals surface area contributed by atoms with Gasteiger partial charge < -0.3 is 8.80 Å². The van der Waals surface area contributed by atoms with Crippen LogP contribution >= 0.6 is 0 Å². The zero-order chi connectivity index (χ0) is 17.2. The molecule has 4 heterocycles. The third-order valence-corrected chi connectivity index (χ3v) is 5.05. The summed E-state index contributed by atoms with van der Waals surface area (Å²) in [6.07, 6.45) is 10.8. The monoisotopic (exact) mass is 332 g/mol. The molecule has 0 spiro atoms. The smallest absolute Gasteiger partial charge is 0.230 e. The summed E-state index contributed by atoms with van der Waals surface area (Å²) < 4.78 is 3.77. The van der Waals surface area contributed by atoms with Crippen LogP contribution in [0, 0.1) is 23.2 Å². The van der Waals surface area contributed by atoms with Gasteiger partial charge in [-0.25, -0.2) is 9.97 Å². The van der Waals surface area contributed by atoms with Gasteiger partial charge in [0.2, 0.25) is 6.04 Å². The van der Waals surface area contributed by atoms with Crippen LogP contribution in [0.5, 0.6) is 0 Å². The van der Waals surface area contributed by atoms with Gasteiger partial charge >= 0.3 is 0 Å². The molecule has 0 aliphatic heterocycles. The Balaban J connectivity index is 1.80. The van der Waals surface area contributed by atoms with Gasteiger partial charge in [-0.3, -0.25) is 10.1 Å². The molecule has 1 radical (unpaired) electrons. The van der Waals surface area contributed by atoms with E-state index in [4.69, 9.17) is 0 Å². The number of rotatable bonds is 3. The van der Waals surface area contributed by atoms with Crippen molar-refractivity contribution in [3.05, 3.63) is 82.2 Å². The third-order valence-electron chi connectivity index (χ3n) is 5.05. The minimum Gasteiger partial charge on any atom is -0.307 e. The Bertz CT molecular complexity index is 1110. The lowest BCUT2D eigenvalue weighted by Gasteiger charge is -2.14. The largest absolute Gasteiger partial charge is 0.307 e. The molecule has 0 bridgehead atoms. The third kappa shape index (κ3) is 1.86. The average molecular weight is 332 g/mol. The Morgan fingerprint density at radius 1 is 1.36 bits per heavy atom. The molecule has 1 fully saturated rings. The molecule has 25 heavy (non-hydrogen) atoms. The van der Waals surface area contributed by atoms with Gasteiger partial charge in [0.05, 0.1) is 5.69 Å². The molecule has 2 unspecified atom stereocenters. The van der Waals surface area contributed by atoms with Crippen molar-refractivity contribution in [3.8, 4) is 0 Å². The van der Waals surface area contributed by atoms with E-state index < -0.39 is 11.5 Å². The van der Waals surface area contributed by atoms with Gasteiger partial charge in [-0.05, 0) is 30.7 Å². The lowest BCUT2D eigenvalue weighted by Crippen LogP contribution is -2.21. The molecule has 1 aliphatic rings. The summed E-state index contributed by atoms with van der Waals surface area (Å²) in [5.41, 5.74) is 3.32. The van der Waals surface area contributed by atoms with Crippen LogP contribution in [0.3, 0.4) is 0 Å². The minimum absolute atomic E-state index is 0.199. The molecule has 123 valence electrons. The van der Waals surface area contributed by atoms with Crippen molar-refractivity contribution < 1.29 is 4.92 Å². The summed E-state index contributed by atoms with van der Waals surface area (Å²) >= 11 is 0. The van der Waals surface area contributed by atoms with E-state index in [9.17, 15) is 10.1 Å². The maximum Gasteiger partial charge on any atom is 0.230 e. The number of fused-ring (bicyclic) bond motifs is 2. The van der Waals surface area contributed by atoms with E-state index in [2.05, 4.69) is 16.2 Å². The first-order valence-electron chi connectivity index (χ1n) is 8.03. The van der Waals surface area contributed by atoms with Gasteiger partial charge in [0.1, 0.15) is 22.9 Å². The molecular formula is C18H14N5O2. The van der Waals surface area contributed by atoms with Crippen LogP contribution in [0.25, 0.3) is 11.3 Å². The molecule has 1 saturated carbocycles. The number of nitrogens with zero attached hydrogens (tertiary/aromatic N) is 5. The van der Waals surface area contributed by atoms with E-state index in [1.165, 1.54) is 0 Å². The van der Waals surface area contributed by atoms with E-state index in [1.807, 2.05) is 58.6 Å². The SMILES string of the molecule is Cc1cc(C2(c3cn4ccccc4n3)CC2[N+](=O)[O-])c2n[c]cn2c1. The van der Waals surface area contributed by atoms with Gasteiger partial charge in [0.25, 0.3) is 0 Å². The fraction of sp³-hybridized carbons (Fsp3) is 0.222. The molecular weight excluding hydrogens is 318 g/mol. The molecule has 0 aromatic carbocycles. The maximum atomic E-state index is 11.6. The van der Waals surface area contributed by atoms with Crippen molar-refractivity contribution in [2.75, 3.05) is 0 Å². The van der Waals surface area contributed by atoms with E-state index in [0.29, 0.717) is 12.1 Å². The highest BCUT2D eigenvalue weighted by molar-refractivity contribution is 5.61. The number of imidazole rings is 2. The van der Waals surface area contributed by atoms with E-state index in [-0.39, 0.29) is 4.92 Å². The predicted octanol–water partition coefficient (Wildman–Crippen LogP) is 2.43. The van der Waals surface area contributed by atoms with Crippen molar-refractivity contribution in [2.24, 2.45) is 0 Å². The van der Waals surface area contributed by atoms with Gasteiger partial charge in [-0.1, -0.05) is 6.07 Å². The normalized spacial score (nSPS) is 22.5. The minimum atomic E-state index is -0.748. The number of aromatic nitrogens is 4. The van der Waals surface area contributed by atoms with Gasteiger partial charge in [-0.15, -0.1) is 0 Å². The Hall–Kier alpha value is -3.22. The quantitative estimate of drug-likeness (QED) is 0.426. The van der Waals surface area contributed by atoms with E-state index in [0.717, 1.165) is 22.5 Å². The molecule has 0 saturated heterocycles. The fourth-order valence-electron chi connectivity index (χ4n) is 3.80. The molecule has 7 heteroatoms. The van der Waals surface area contributed by atoms with Crippen LogP contribution in [-0.4, -0.2) is 29.7 Å². The lowest BCUT2D eigenvalue weighted by atomic mass is 9.91. The zero-order valence-electron chi connectivity index (χ0n) is 13.5. The standard InChI is InChI=1S/C18H14N5O2/c1-12-8-13(17-19-5-7-22(17)10-12)18(9-15(18)23(24)25)14-11-21-6-3-2-4-16(21)20-14/h2-4,6-8,10-11,15H,9H2,1H3. The number of aryl methyl sites for hydroxylation is 1. The topological polar surface area (TPSA) is 77.7 Å². The van der Waals surface area contributed by atoms with Crippen molar-refractivity contribution >= 4 is 11.3 Å². The molecule has 1 aliphatic carbocycles. The second kappa shape index (κ2) is 4.66. The summed E-state index contributed by atoms with van der Waals surface area (Å²) in [4.78, 5) is 20.4. The van der Waals surface area contributed by atoms with Crippen LogP contribution in [0.15, 0.2) is 49.1 Å². The Labute approximate surface area is 142 Å². The van der Waals surface area contributed by atoms with Crippen LogP contribution in [0.1, 0.15) is 23.2 Å². The second-order valence-electron chi connectivity index (χ2n) is 6.60. The van der Waals surface area contributed by atoms with Gasteiger partial charge in [0.15, 0.2) is 0 Å². The number of nitro groups is 1.